The lowest BCUT2D eigenvalue weighted by Gasteiger charge is -2.12. The monoisotopic (exact) mass is 569 g/mol. The quantitative estimate of drug-likeness (QED) is 0.104. The van der Waals surface area contributed by atoms with Crippen molar-refractivity contribution in [3.05, 3.63) is 102 Å². The van der Waals surface area contributed by atoms with E-state index in [0.717, 1.165) is 15.2 Å². The Balaban J connectivity index is 1.26. The highest BCUT2D eigenvalue weighted by molar-refractivity contribution is 7.80. The number of thiophene rings is 1. The lowest BCUT2D eigenvalue weighted by molar-refractivity contribution is -0.896. The Morgan fingerprint density at radius 3 is 2.80 bits per heavy atom. The lowest BCUT2D eigenvalue weighted by atomic mass is 10.0. The van der Waals surface area contributed by atoms with Crippen LogP contribution in [0.1, 0.15) is 16.7 Å². The van der Waals surface area contributed by atoms with Gasteiger partial charge < -0.3 is 15.4 Å². The van der Waals surface area contributed by atoms with E-state index in [-0.39, 0.29) is 23.2 Å². The first-order valence-corrected chi connectivity index (χ1v) is 13.3. The molecule has 7 nitrogen and oxygen atoms in total. The minimum atomic E-state index is -0.629. The number of nitrogens with zero attached hydrogens (tertiary/aromatic N) is 2. The van der Waals surface area contributed by atoms with Crippen LogP contribution in [0, 0.1) is 25.1 Å². The first kappa shape index (κ1) is 26.7. The SMILES string of the molecule is C#Cc1cc(C)ccc1CC(=O)NC(=S)Nc1ccc(Oc2ccnc3cc(-c4cccc[n+]4O)sc23)c(F)c1. The van der Waals surface area contributed by atoms with Crippen LogP contribution in [-0.2, 0) is 11.2 Å². The number of thiocarbonyl (C=S) groups is 1. The zero-order chi connectivity index (χ0) is 28.2. The molecule has 0 saturated heterocycles. The normalized spacial score (nSPS) is 10.6. The number of ether oxygens (including phenoxy) is 1. The molecule has 3 N–H and O–H groups in total. The number of hydrogen-bond acceptors (Lipinski definition) is 6. The average molecular weight is 570 g/mol. The molecular formula is C30H22FN4O3S2+. The third kappa shape index (κ3) is 5.91. The number of nitrogens with one attached hydrogen (secondary N) is 2. The molecule has 2 aromatic carbocycles. The number of amides is 1. The van der Waals surface area contributed by atoms with Crippen molar-refractivity contribution in [3.8, 4) is 34.4 Å². The number of anilines is 1. The van der Waals surface area contributed by atoms with Gasteiger partial charge in [0.05, 0.1) is 16.6 Å². The lowest BCUT2D eigenvalue weighted by Crippen LogP contribution is -2.35. The Morgan fingerprint density at radius 1 is 1.18 bits per heavy atom. The van der Waals surface area contributed by atoms with E-state index in [4.69, 9.17) is 23.4 Å². The van der Waals surface area contributed by atoms with E-state index in [1.165, 1.54) is 29.7 Å². The van der Waals surface area contributed by atoms with Gasteiger partial charge in [-0.3, -0.25) is 15.0 Å². The van der Waals surface area contributed by atoms with Crippen molar-refractivity contribution in [2.45, 2.75) is 13.3 Å². The first-order chi connectivity index (χ1) is 19.3. The number of aromatic nitrogens is 2. The van der Waals surface area contributed by atoms with Crippen LogP contribution in [0.3, 0.4) is 0 Å². The van der Waals surface area contributed by atoms with Crippen LogP contribution in [0.5, 0.6) is 11.5 Å². The smallest absolute Gasteiger partial charge is 0.274 e. The van der Waals surface area contributed by atoms with E-state index >= 15 is 4.39 Å². The Hall–Kier alpha value is -4.85. The van der Waals surface area contributed by atoms with Crippen molar-refractivity contribution in [1.82, 2.24) is 10.3 Å². The minimum Gasteiger partial charge on any atom is -0.453 e. The van der Waals surface area contributed by atoms with E-state index in [0.29, 0.717) is 38.5 Å². The van der Waals surface area contributed by atoms with Gasteiger partial charge in [-0.2, -0.15) is 0 Å². The number of pyridine rings is 2. The van der Waals surface area contributed by atoms with Crippen LogP contribution in [-0.4, -0.2) is 21.2 Å². The summed E-state index contributed by atoms with van der Waals surface area (Å²) in [6, 6.07) is 18.6. The van der Waals surface area contributed by atoms with Crippen molar-refractivity contribution in [2.24, 2.45) is 0 Å². The van der Waals surface area contributed by atoms with Crippen molar-refractivity contribution in [2.75, 3.05) is 5.32 Å². The standard InChI is InChI=1S/C30H21FN4O3S2/c1-3-19-14-18(2)7-8-20(19)15-28(36)34-30(39)33-21-9-10-25(22(31)16-21)38-26-11-12-32-23-17-27(40-29(23)26)24-6-4-5-13-35(24)37/h1,4-14,16-17H,15H2,2H3,(H2-,32,33,34,36,37,39)/p+1. The van der Waals surface area contributed by atoms with Gasteiger partial charge in [-0.1, -0.05) is 18.1 Å². The maximum absolute atomic E-state index is 15.0. The molecule has 3 aromatic heterocycles. The van der Waals surface area contributed by atoms with E-state index in [2.05, 4.69) is 21.5 Å². The molecule has 0 aliphatic heterocycles. The Morgan fingerprint density at radius 2 is 2.02 bits per heavy atom. The molecule has 198 valence electrons. The number of fused-ring (bicyclic) bond motifs is 1. The van der Waals surface area contributed by atoms with Gasteiger partial charge in [-0.25, -0.2) is 4.39 Å². The molecule has 0 unspecified atom stereocenters. The number of aryl methyl sites for hydroxylation is 1. The third-order valence-corrected chi connectivity index (χ3v) is 7.27. The molecule has 5 rings (SSSR count). The minimum absolute atomic E-state index is 0.000993. The fourth-order valence-corrected chi connectivity index (χ4v) is 5.33. The second-order valence-electron chi connectivity index (χ2n) is 8.80. The number of hydrogen-bond donors (Lipinski definition) is 3. The summed E-state index contributed by atoms with van der Waals surface area (Å²) in [5.74, 6) is 2.03. The highest BCUT2D eigenvalue weighted by atomic mass is 32.1. The molecule has 1 amide bonds. The maximum Gasteiger partial charge on any atom is 0.274 e. The van der Waals surface area contributed by atoms with Crippen LogP contribution >= 0.6 is 23.6 Å². The summed E-state index contributed by atoms with van der Waals surface area (Å²) in [6.07, 6.45) is 8.71. The molecule has 0 fully saturated rings. The highest BCUT2D eigenvalue weighted by Crippen LogP contribution is 2.39. The number of carbonyl (C=O) groups excluding carboxylic acids is 1. The predicted octanol–water partition coefficient (Wildman–Crippen LogP) is 5.76. The van der Waals surface area contributed by atoms with Crippen LogP contribution < -0.4 is 20.1 Å². The molecule has 3 heterocycles. The zero-order valence-corrected chi connectivity index (χ0v) is 22.8. The van der Waals surface area contributed by atoms with Gasteiger partial charge in [0, 0.05) is 46.4 Å². The topological polar surface area (TPSA) is 87.4 Å². The fourth-order valence-electron chi connectivity index (χ4n) is 4.02. The third-order valence-electron chi connectivity index (χ3n) is 5.90. The van der Waals surface area contributed by atoms with Crippen LogP contribution in [0.4, 0.5) is 10.1 Å². The Kier molecular flexibility index (Phi) is 7.68. The second kappa shape index (κ2) is 11.5. The molecular weight excluding hydrogens is 547 g/mol. The van der Waals surface area contributed by atoms with Crippen LogP contribution in [0.15, 0.2) is 79.1 Å². The summed E-state index contributed by atoms with van der Waals surface area (Å²) in [6.45, 7) is 1.92. The molecule has 0 radical (unpaired) electrons. The van der Waals surface area contributed by atoms with Crippen LogP contribution in [0.25, 0.3) is 20.8 Å². The molecule has 0 saturated carbocycles. The van der Waals surface area contributed by atoms with E-state index < -0.39 is 5.82 Å². The molecule has 5 aromatic rings. The van der Waals surface area contributed by atoms with Gasteiger partial charge >= 0.3 is 0 Å². The number of halogens is 1. The number of benzene rings is 2. The molecule has 0 atom stereocenters. The van der Waals surface area contributed by atoms with E-state index in [9.17, 15) is 10.0 Å². The number of terminal acetylenes is 1. The summed E-state index contributed by atoms with van der Waals surface area (Å²) in [5.41, 5.74) is 3.95. The summed E-state index contributed by atoms with van der Waals surface area (Å²) in [4.78, 5) is 17.6. The van der Waals surface area contributed by atoms with Gasteiger partial charge in [0.25, 0.3) is 5.69 Å². The maximum atomic E-state index is 15.0. The molecule has 10 heteroatoms. The van der Waals surface area contributed by atoms with E-state index in [1.54, 1.807) is 30.5 Å². The van der Waals surface area contributed by atoms with Crippen molar-refractivity contribution >= 4 is 50.5 Å². The molecule has 0 aliphatic rings. The number of rotatable bonds is 6. The number of carbonyl (C=O) groups is 1. The second-order valence-corrected chi connectivity index (χ2v) is 10.3. The van der Waals surface area contributed by atoms with Gasteiger partial charge in [0.15, 0.2) is 16.7 Å². The summed E-state index contributed by atoms with van der Waals surface area (Å²) < 4.78 is 22.6. The summed E-state index contributed by atoms with van der Waals surface area (Å²) in [7, 11) is 0. The summed E-state index contributed by atoms with van der Waals surface area (Å²) >= 11 is 6.60. The van der Waals surface area contributed by atoms with Crippen molar-refractivity contribution < 1.29 is 23.9 Å². The largest absolute Gasteiger partial charge is 0.453 e. The van der Waals surface area contributed by atoms with E-state index in [1.807, 2.05) is 37.3 Å². The van der Waals surface area contributed by atoms with Crippen LogP contribution in [0.2, 0.25) is 0 Å². The first-order valence-electron chi connectivity index (χ1n) is 12.0. The van der Waals surface area contributed by atoms with Gasteiger partial charge in [-0.05, 0) is 60.6 Å². The molecule has 0 spiro atoms. The highest BCUT2D eigenvalue weighted by Gasteiger charge is 2.18. The van der Waals surface area contributed by atoms with Crippen molar-refractivity contribution in [3.63, 3.8) is 0 Å². The van der Waals surface area contributed by atoms with Gasteiger partial charge in [0.2, 0.25) is 12.1 Å². The Labute approximate surface area is 238 Å². The van der Waals surface area contributed by atoms with Gasteiger partial charge in [-0.15, -0.1) is 17.8 Å². The molecule has 0 bridgehead atoms. The summed E-state index contributed by atoms with van der Waals surface area (Å²) in [5, 5.41) is 15.6. The van der Waals surface area contributed by atoms with Crippen molar-refractivity contribution in [1.29, 1.82) is 0 Å². The predicted molar refractivity (Wildman–Crippen MR) is 156 cm³/mol. The zero-order valence-electron chi connectivity index (χ0n) is 21.1. The fraction of sp³-hybridized carbons (Fsp3) is 0.0667. The molecule has 40 heavy (non-hydrogen) atoms. The Bertz CT molecular complexity index is 1810. The average Bonchev–Trinajstić information content (AvgIpc) is 3.36. The molecule has 0 aliphatic carbocycles. The van der Waals surface area contributed by atoms with Gasteiger partial charge in [0.1, 0.15) is 10.6 Å².